The van der Waals surface area contributed by atoms with Crippen LogP contribution in [-0.2, 0) is 13.1 Å². The van der Waals surface area contributed by atoms with Gasteiger partial charge in [0.05, 0.1) is 17.2 Å². The van der Waals surface area contributed by atoms with Crippen molar-refractivity contribution in [2.24, 2.45) is 0 Å². The molecule has 0 saturated carbocycles. The van der Waals surface area contributed by atoms with Gasteiger partial charge in [0.25, 0.3) is 0 Å². The largest absolute Gasteiger partial charge is 0.486 e. The van der Waals surface area contributed by atoms with Crippen LogP contribution in [0.1, 0.15) is 5.56 Å². The van der Waals surface area contributed by atoms with Crippen molar-refractivity contribution in [2.45, 2.75) is 13.1 Å². The minimum absolute atomic E-state index is 0.598. The topological polar surface area (TPSA) is 61.2 Å². The highest BCUT2D eigenvalue weighted by Gasteiger charge is 2.15. The van der Waals surface area contributed by atoms with Crippen LogP contribution in [-0.4, -0.2) is 34.8 Å². The number of nitrogens with zero attached hydrogens (tertiary/aromatic N) is 3. The van der Waals surface area contributed by atoms with Gasteiger partial charge in [0.15, 0.2) is 11.5 Å². The molecule has 1 aliphatic heterocycles. The van der Waals surface area contributed by atoms with Crippen molar-refractivity contribution in [1.29, 1.82) is 0 Å². The van der Waals surface area contributed by atoms with Gasteiger partial charge in [-0.05, 0) is 33.6 Å². The lowest BCUT2D eigenvalue weighted by Crippen LogP contribution is -2.20. The number of hydrogen-bond donors (Lipinski definition) is 1. The molecule has 7 heteroatoms. The third kappa shape index (κ3) is 3.10. The van der Waals surface area contributed by atoms with Crippen molar-refractivity contribution in [2.75, 3.05) is 19.8 Å². The molecule has 0 atom stereocenters. The van der Waals surface area contributed by atoms with E-state index in [2.05, 4.69) is 37.6 Å². The van der Waals surface area contributed by atoms with Crippen molar-refractivity contribution in [3.05, 3.63) is 34.6 Å². The smallest absolute Gasteiger partial charge is 0.175 e. The van der Waals surface area contributed by atoms with Crippen molar-refractivity contribution >= 4 is 15.9 Å². The predicted molar refractivity (Wildman–Crippen MR) is 76.9 cm³/mol. The molecule has 1 aromatic carbocycles. The summed E-state index contributed by atoms with van der Waals surface area (Å²) in [7, 11) is 0. The van der Waals surface area contributed by atoms with Gasteiger partial charge in [-0.3, -0.25) is 4.68 Å². The molecule has 0 amide bonds. The number of aromatic nitrogens is 3. The monoisotopic (exact) mass is 338 g/mol. The molecule has 0 spiro atoms. The highest BCUT2D eigenvalue weighted by Crippen LogP contribution is 2.38. The van der Waals surface area contributed by atoms with Gasteiger partial charge in [0.1, 0.15) is 13.2 Å². The Morgan fingerprint density at radius 2 is 2.20 bits per heavy atom. The standard InChI is InChI=1S/C13H15BrN4O2/c14-11-7-10(8-12-13(11)20-6-5-19-12)9-15-1-3-18-4-2-16-17-18/h2,4,7-8,15H,1,3,5-6,9H2. The van der Waals surface area contributed by atoms with E-state index in [1.54, 1.807) is 10.9 Å². The van der Waals surface area contributed by atoms with Crippen LogP contribution in [0.2, 0.25) is 0 Å². The van der Waals surface area contributed by atoms with Crippen LogP contribution < -0.4 is 14.8 Å². The number of fused-ring (bicyclic) bond motifs is 1. The Morgan fingerprint density at radius 1 is 1.30 bits per heavy atom. The van der Waals surface area contributed by atoms with E-state index in [9.17, 15) is 0 Å². The van der Waals surface area contributed by atoms with Gasteiger partial charge < -0.3 is 14.8 Å². The number of hydrogen-bond acceptors (Lipinski definition) is 5. The summed E-state index contributed by atoms with van der Waals surface area (Å²) >= 11 is 3.52. The van der Waals surface area contributed by atoms with Gasteiger partial charge in [-0.1, -0.05) is 5.21 Å². The maximum Gasteiger partial charge on any atom is 0.175 e. The number of ether oxygens (including phenoxy) is 2. The third-order valence-corrected chi connectivity index (χ3v) is 3.56. The molecule has 2 heterocycles. The molecular weight excluding hydrogens is 324 g/mol. The van der Waals surface area contributed by atoms with Crippen LogP contribution in [0.15, 0.2) is 29.0 Å². The van der Waals surface area contributed by atoms with Gasteiger partial charge in [0, 0.05) is 19.3 Å². The molecule has 0 aliphatic carbocycles. The predicted octanol–water partition coefficient (Wildman–Crippen LogP) is 1.60. The van der Waals surface area contributed by atoms with Crippen LogP contribution >= 0.6 is 15.9 Å². The van der Waals surface area contributed by atoms with E-state index in [1.807, 2.05) is 12.3 Å². The Morgan fingerprint density at radius 3 is 3.05 bits per heavy atom. The lowest BCUT2D eigenvalue weighted by Gasteiger charge is -2.20. The zero-order chi connectivity index (χ0) is 13.8. The first-order valence-electron chi connectivity index (χ1n) is 6.46. The summed E-state index contributed by atoms with van der Waals surface area (Å²) in [5.41, 5.74) is 1.15. The molecule has 0 unspecified atom stereocenters. The summed E-state index contributed by atoms with van der Waals surface area (Å²) in [6.07, 6.45) is 3.53. The van der Waals surface area contributed by atoms with Crippen LogP contribution in [0, 0.1) is 0 Å². The maximum atomic E-state index is 5.60. The average molecular weight is 339 g/mol. The van der Waals surface area contributed by atoms with Crippen molar-refractivity contribution in [1.82, 2.24) is 20.3 Å². The zero-order valence-corrected chi connectivity index (χ0v) is 12.5. The molecule has 1 aromatic heterocycles. The molecule has 0 fully saturated rings. The van der Waals surface area contributed by atoms with E-state index in [4.69, 9.17) is 9.47 Å². The van der Waals surface area contributed by atoms with Crippen LogP contribution in [0.3, 0.4) is 0 Å². The van der Waals surface area contributed by atoms with Crippen LogP contribution in [0.25, 0.3) is 0 Å². The Kier molecular flexibility index (Phi) is 4.17. The van der Waals surface area contributed by atoms with Gasteiger partial charge >= 0.3 is 0 Å². The Balaban J connectivity index is 1.56. The fourth-order valence-electron chi connectivity index (χ4n) is 2.04. The minimum atomic E-state index is 0.598. The normalized spacial score (nSPS) is 13.4. The molecule has 2 aromatic rings. The Hall–Kier alpha value is -1.60. The van der Waals surface area contributed by atoms with Crippen LogP contribution in [0.5, 0.6) is 11.5 Å². The summed E-state index contributed by atoms with van der Waals surface area (Å²) in [5.74, 6) is 1.60. The van der Waals surface area contributed by atoms with E-state index in [1.165, 1.54) is 0 Å². The van der Waals surface area contributed by atoms with Crippen molar-refractivity contribution in [3.8, 4) is 11.5 Å². The number of benzene rings is 1. The molecule has 0 bridgehead atoms. The fourth-order valence-corrected chi connectivity index (χ4v) is 2.65. The molecule has 1 aliphatic rings. The molecular formula is C13H15BrN4O2. The second-order valence-electron chi connectivity index (χ2n) is 4.44. The molecule has 0 radical (unpaired) electrons. The number of nitrogens with one attached hydrogen (secondary N) is 1. The first-order valence-corrected chi connectivity index (χ1v) is 7.25. The minimum Gasteiger partial charge on any atom is -0.486 e. The Bertz CT molecular complexity index is 574. The fraction of sp³-hybridized carbons (Fsp3) is 0.385. The molecule has 20 heavy (non-hydrogen) atoms. The van der Waals surface area contributed by atoms with E-state index < -0.39 is 0 Å². The second-order valence-corrected chi connectivity index (χ2v) is 5.30. The van der Waals surface area contributed by atoms with Crippen LogP contribution in [0.4, 0.5) is 0 Å². The highest BCUT2D eigenvalue weighted by atomic mass is 79.9. The molecule has 106 valence electrons. The highest BCUT2D eigenvalue weighted by molar-refractivity contribution is 9.10. The van der Waals surface area contributed by atoms with E-state index in [0.29, 0.717) is 13.2 Å². The zero-order valence-electron chi connectivity index (χ0n) is 10.9. The SMILES string of the molecule is Brc1cc(CNCCn2ccnn2)cc2c1OCCO2. The van der Waals surface area contributed by atoms with E-state index in [-0.39, 0.29) is 0 Å². The molecule has 1 N–H and O–H groups in total. The molecule has 3 rings (SSSR count). The van der Waals surface area contributed by atoms with E-state index >= 15 is 0 Å². The first-order chi connectivity index (χ1) is 9.83. The third-order valence-electron chi connectivity index (χ3n) is 2.98. The average Bonchev–Trinajstić information content (AvgIpc) is 2.97. The van der Waals surface area contributed by atoms with Gasteiger partial charge in [0.2, 0.25) is 0 Å². The maximum absolute atomic E-state index is 5.60. The summed E-state index contributed by atoms with van der Waals surface area (Å²) in [5, 5.41) is 11.1. The van der Waals surface area contributed by atoms with Gasteiger partial charge in [-0.15, -0.1) is 5.10 Å². The lowest BCUT2D eigenvalue weighted by molar-refractivity contribution is 0.170. The number of halogens is 1. The van der Waals surface area contributed by atoms with Gasteiger partial charge in [-0.25, -0.2) is 0 Å². The summed E-state index contributed by atoms with van der Waals surface area (Å²) < 4.78 is 13.9. The summed E-state index contributed by atoms with van der Waals surface area (Å²) in [4.78, 5) is 0. The quantitative estimate of drug-likeness (QED) is 0.839. The Labute approximate surface area is 125 Å². The molecule has 0 saturated heterocycles. The van der Waals surface area contributed by atoms with E-state index in [0.717, 1.165) is 41.2 Å². The summed E-state index contributed by atoms with van der Waals surface area (Å²) in [6, 6.07) is 4.07. The summed E-state index contributed by atoms with van der Waals surface area (Å²) in [6.45, 7) is 3.59. The first kappa shape index (κ1) is 13.4. The van der Waals surface area contributed by atoms with Crippen molar-refractivity contribution < 1.29 is 9.47 Å². The molecule has 6 nitrogen and oxygen atoms in total. The van der Waals surface area contributed by atoms with Gasteiger partial charge in [-0.2, -0.15) is 0 Å². The lowest BCUT2D eigenvalue weighted by atomic mass is 10.2. The second kappa shape index (κ2) is 6.23. The number of rotatable bonds is 5. The van der Waals surface area contributed by atoms with Crippen molar-refractivity contribution in [3.63, 3.8) is 0 Å².